The normalized spacial score (nSPS) is 22.7. The van der Waals surface area contributed by atoms with Crippen LogP contribution in [0.2, 0.25) is 0 Å². The maximum atomic E-state index is 12.1. The highest BCUT2D eigenvalue weighted by atomic mass is 32.2. The zero-order valence-corrected chi connectivity index (χ0v) is 12.3. The molecule has 1 heterocycles. The first-order valence-corrected chi connectivity index (χ1v) is 7.97. The van der Waals surface area contributed by atoms with Crippen LogP contribution in [0.1, 0.15) is 6.92 Å². The minimum atomic E-state index is -3.44. The van der Waals surface area contributed by atoms with Gasteiger partial charge in [0.25, 0.3) is 0 Å². The number of benzene rings is 1. The number of nitrogens with one attached hydrogen (secondary N) is 3. The number of sulfonamides is 1. The predicted molar refractivity (Wildman–Crippen MR) is 76.8 cm³/mol. The fourth-order valence-corrected chi connectivity index (χ4v) is 2.96. The van der Waals surface area contributed by atoms with Gasteiger partial charge in [-0.15, -0.1) is 0 Å². The lowest BCUT2D eigenvalue weighted by molar-refractivity contribution is -0.120. The van der Waals surface area contributed by atoms with Gasteiger partial charge in [-0.2, -0.15) is 0 Å². The maximum absolute atomic E-state index is 12.1. The summed E-state index contributed by atoms with van der Waals surface area (Å²) in [5.41, 5.74) is 0.601. The molecule has 6 nitrogen and oxygen atoms in total. The molecule has 7 heteroatoms. The first-order chi connectivity index (χ1) is 9.44. The Morgan fingerprint density at radius 3 is 2.40 bits per heavy atom. The van der Waals surface area contributed by atoms with Crippen LogP contribution in [-0.2, 0) is 14.8 Å². The minimum Gasteiger partial charge on any atom is -0.326 e. The van der Waals surface area contributed by atoms with Crippen LogP contribution in [-0.4, -0.2) is 34.5 Å². The first-order valence-electron chi connectivity index (χ1n) is 6.49. The Morgan fingerprint density at radius 2 is 1.90 bits per heavy atom. The van der Waals surface area contributed by atoms with E-state index in [-0.39, 0.29) is 16.7 Å². The van der Waals surface area contributed by atoms with Crippen molar-refractivity contribution in [1.29, 1.82) is 0 Å². The van der Waals surface area contributed by atoms with E-state index in [0.29, 0.717) is 18.2 Å². The third kappa shape index (κ3) is 3.17. The van der Waals surface area contributed by atoms with Crippen molar-refractivity contribution in [2.75, 3.05) is 25.5 Å². The molecule has 2 rings (SSSR count). The summed E-state index contributed by atoms with van der Waals surface area (Å²) in [4.78, 5) is 12.3. The summed E-state index contributed by atoms with van der Waals surface area (Å²) in [6, 6.07) is 6.12. The lowest BCUT2D eigenvalue weighted by Gasteiger charge is -2.14. The third-order valence-corrected chi connectivity index (χ3v) is 4.99. The van der Waals surface area contributed by atoms with Gasteiger partial charge in [0, 0.05) is 12.2 Å². The Hall–Kier alpha value is -1.44. The van der Waals surface area contributed by atoms with Gasteiger partial charge in [-0.3, -0.25) is 4.79 Å². The average molecular weight is 297 g/mol. The van der Waals surface area contributed by atoms with Crippen molar-refractivity contribution in [2.24, 2.45) is 11.8 Å². The Bertz CT molecular complexity index is 583. The molecule has 1 aliphatic rings. The second-order valence-electron chi connectivity index (χ2n) is 4.96. The van der Waals surface area contributed by atoms with E-state index >= 15 is 0 Å². The largest absolute Gasteiger partial charge is 0.326 e. The molecule has 1 aliphatic heterocycles. The van der Waals surface area contributed by atoms with Crippen molar-refractivity contribution >= 4 is 21.6 Å². The van der Waals surface area contributed by atoms with E-state index in [1.807, 2.05) is 6.92 Å². The fraction of sp³-hybridized carbons (Fsp3) is 0.462. The van der Waals surface area contributed by atoms with Crippen LogP contribution in [0.3, 0.4) is 0 Å². The van der Waals surface area contributed by atoms with Gasteiger partial charge >= 0.3 is 0 Å². The van der Waals surface area contributed by atoms with Gasteiger partial charge in [-0.1, -0.05) is 6.92 Å². The molecule has 20 heavy (non-hydrogen) atoms. The number of anilines is 1. The molecule has 0 unspecified atom stereocenters. The molecular formula is C13H19N3O3S. The average Bonchev–Trinajstić information content (AvgIpc) is 2.85. The third-order valence-electron chi connectivity index (χ3n) is 3.56. The molecule has 1 aromatic rings. The molecule has 0 bridgehead atoms. The first kappa shape index (κ1) is 15.0. The Kier molecular flexibility index (Phi) is 4.42. The summed E-state index contributed by atoms with van der Waals surface area (Å²) in [7, 11) is -2.08. The lowest BCUT2D eigenvalue weighted by Crippen LogP contribution is -2.27. The minimum absolute atomic E-state index is 0.0354. The highest BCUT2D eigenvalue weighted by molar-refractivity contribution is 7.89. The number of hydrogen-bond acceptors (Lipinski definition) is 4. The van der Waals surface area contributed by atoms with Crippen LogP contribution >= 0.6 is 0 Å². The smallest absolute Gasteiger partial charge is 0.240 e. The predicted octanol–water partition coefficient (Wildman–Crippen LogP) is 0.389. The molecule has 2 atom stereocenters. The molecule has 0 spiro atoms. The van der Waals surface area contributed by atoms with Crippen LogP contribution in [0.15, 0.2) is 29.2 Å². The molecular weight excluding hydrogens is 278 g/mol. The topological polar surface area (TPSA) is 87.3 Å². The number of carbonyl (C=O) groups excluding carboxylic acids is 1. The van der Waals surface area contributed by atoms with E-state index < -0.39 is 10.0 Å². The Balaban J connectivity index is 2.06. The summed E-state index contributed by atoms with van der Waals surface area (Å²) in [5, 5.41) is 5.99. The number of amides is 1. The SMILES string of the molecule is CNS(=O)(=O)c1ccc(NC(=O)[C@@H]2CNC[C@H]2C)cc1. The van der Waals surface area contributed by atoms with E-state index in [1.165, 1.54) is 19.2 Å². The molecule has 1 aromatic carbocycles. The molecule has 110 valence electrons. The number of carbonyl (C=O) groups is 1. The van der Waals surface area contributed by atoms with Crippen molar-refractivity contribution in [3.63, 3.8) is 0 Å². The maximum Gasteiger partial charge on any atom is 0.240 e. The van der Waals surface area contributed by atoms with Gasteiger partial charge in [0.1, 0.15) is 0 Å². The number of hydrogen-bond donors (Lipinski definition) is 3. The second kappa shape index (κ2) is 5.90. The molecule has 0 aliphatic carbocycles. The molecule has 1 amide bonds. The Labute approximate surface area is 119 Å². The summed E-state index contributed by atoms with van der Waals surface area (Å²) >= 11 is 0. The monoisotopic (exact) mass is 297 g/mol. The zero-order valence-electron chi connectivity index (χ0n) is 11.5. The van der Waals surface area contributed by atoms with Crippen LogP contribution in [0.4, 0.5) is 5.69 Å². The molecule has 0 radical (unpaired) electrons. The van der Waals surface area contributed by atoms with E-state index in [2.05, 4.69) is 15.4 Å². The quantitative estimate of drug-likeness (QED) is 0.750. The zero-order chi connectivity index (χ0) is 14.8. The second-order valence-corrected chi connectivity index (χ2v) is 6.85. The molecule has 0 aromatic heterocycles. The van der Waals surface area contributed by atoms with Gasteiger partial charge in [0.2, 0.25) is 15.9 Å². The molecule has 1 fully saturated rings. The van der Waals surface area contributed by atoms with Gasteiger partial charge < -0.3 is 10.6 Å². The van der Waals surface area contributed by atoms with Crippen molar-refractivity contribution in [3.05, 3.63) is 24.3 Å². The van der Waals surface area contributed by atoms with Crippen molar-refractivity contribution in [1.82, 2.24) is 10.0 Å². The molecule has 1 saturated heterocycles. The molecule has 3 N–H and O–H groups in total. The summed E-state index contributed by atoms with van der Waals surface area (Å²) < 4.78 is 25.4. The van der Waals surface area contributed by atoms with E-state index in [0.717, 1.165) is 6.54 Å². The highest BCUT2D eigenvalue weighted by Crippen LogP contribution is 2.19. The highest BCUT2D eigenvalue weighted by Gasteiger charge is 2.29. The van der Waals surface area contributed by atoms with Gasteiger partial charge in [-0.05, 0) is 43.8 Å². The summed E-state index contributed by atoms with van der Waals surface area (Å²) in [5.74, 6) is 0.224. The van der Waals surface area contributed by atoms with Gasteiger partial charge in [-0.25, -0.2) is 13.1 Å². The van der Waals surface area contributed by atoms with E-state index in [1.54, 1.807) is 12.1 Å². The summed E-state index contributed by atoms with van der Waals surface area (Å²) in [6.07, 6.45) is 0. The van der Waals surface area contributed by atoms with E-state index in [9.17, 15) is 13.2 Å². The van der Waals surface area contributed by atoms with Crippen molar-refractivity contribution in [3.8, 4) is 0 Å². The van der Waals surface area contributed by atoms with Gasteiger partial charge in [0.15, 0.2) is 0 Å². The van der Waals surface area contributed by atoms with Crippen molar-refractivity contribution in [2.45, 2.75) is 11.8 Å². The van der Waals surface area contributed by atoms with Crippen LogP contribution in [0.25, 0.3) is 0 Å². The van der Waals surface area contributed by atoms with Crippen molar-refractivity contribution < 1.29 is 13.2 Å². The number of rotatable bonds is 4. The van der Waals surface area contributed by atoms with Crippen LogP contribution < -0.4 is 15.4 Å². The van der Waals surface area contributed by atoms with Gasteiger partial charge in [0.05, 0.1) is 10.8 Å². The fourth-order valence-electron chi connectivity index (χ4n) is 2.23. The lowest BCUT2D eigenvalue weighted by atomic mass is 9.97. The van der Waals surface area contributed by atoms with Crippen LogP contribution in [0.5, 0.6) is 0 Å². The summed E-state index contributed by atoms with van der Waals surface area (Å²) in [6.45, 7) is 3.56. The standard InChI is InChI=1S/C13H19N3O3S/c1-9-7-15-8-12(9)13(17)16-10-3-5-11(6-4-10)20(18,19)14-2/h3-6,9,12,14-15H,7-8H2,1-2H3,(H,16,17)/t9-,12-/m1/s1. The van der Waals surface area contributed by atoms with Crippen LogP contribution in [0, 0.1) is 11.8 Å². The Morgan fingerprint density at radius 1 is 1.25 bits per heavy atom. The molecule has 0 saturated carbocycles. The van der Waals surface area contributed by atoms with E-state index in [4.69, 9.17) is 0 Å².